The number of pyridine rings is 2. The Bertz CT molecular complexity index is 1240. The molecule has 0 bridgehead atoms. The highest BCUT2D eigenvalue weighted by molar-refractivity contribution is 9.10. The van der Waals surface area contributed by atoms with Crippen molar-refractivity contribution in [3.05, 3.63) is 64.5 Å². The number of nitrogens with zero attached hydrogens (tertiary/aromatic N) is 4. The molecule has 0 unspecified atom stereocenters. The number of rotatable bonds is 3. The van der Waals surface area contributed by atoms with Crippen LogP contribution in [0.1, 0.15) is 11.3 Å². The first-order chi connectivity index (χ1) is 13.5. The predicted octanol–water partition coefficient (Wildman–Crippen LogP) is 4.95. The van der Waals surface area contributed by atoms with Gasteiger partial charge in [-0.3, -0.25) is 0 Å². The molecule has 138 valence electrons. The zero-order valence-electron chi connectivity index (χ0n) is 15.3. The Kier molecular flexibility index (Phi) is 4.49. The second-order valence-corrected chi connectivity index (χ2v) is 7.11. The van der Waals surface area contributed by atoms with E-state index in [4.69, 9.17) is 10.5 Å². The molecule has 3 aromatic heterocycles. The minimum absolute atomic E-state index is 0.384. The van der Waals surface area contributed by atoms with Gasteiger partial charge in [0, 0.05) is 30.6 Å². The third kappa shape index (κ3) is 2.98. The van der Waals surface area contributed by atoms with Crippen LogP contribution in [0.3, 0.4) is 0 Å². The molecule has 0 saturated carbocycles. The zero-order valence-corrected chi connectivity index (χ0v) is 16.9. The van der Waals surface area contributed by atoms with E-state index in [-0.39, 0.29) is 0 Å². The van der Waals surface area contributed by atoms with E-state index in [0.717, 1.165) is 32.3 Å². The number of nitrogen functional groups attached to an aromatic ring is 1. The number of anilines is 1. The van der Waals surface area contributed by atoms with Crippen LogP contribution in [-0.4, -0.2) is 14.5 Å². The molecule has 0 amide bonds. The van der Waals surface area contributed by atoms with Crippen LogP contribution in [0.2, 0.25) is 0 Å². The second kappa shape index (κ2) is 6.98. The number of nitriles is 1. The number of hydrogen-bond donors (Lipinski definition) is 1. The fourth-order valence-corrected chi connectivity index (χ4v) is 3.81. The minimum Gasteiger partial charge on any atom is -0.439 e. The molecule has 0 aliphatic carbocycles. The molecule has 1 aromatic carbocycles. The highest BCUT2D eigenvalue weighted by Gasteiger charge is 2.20. The second-order valence-electron chi connectivity index (χ2n) is 6.36. The summed E-state index contributed by atoms with van der Waals surface area (Å²) in [5.41, 5.74) is 10.1. The Morgan fingerprint density at radius 1 is 1.18 bits per heavy atom. The van der Waals surface area contributed by atoms with Crippen molar-refractivity contribution in [2.24, 2.45) is 7.05 Å². The van der Waals surface area contributed by atoms with Gasteiger partial charge >= 0.3 is 0 Å². The molecule has 0 aliphatic heterocycles. The number of ether oxygens (including phenoxy) is 1. The van der Waals surface area contributed by atoms with Crippen molar-refractivity contribution < 1.29 is 4.74 Å². The Morgan fingerprint density at radius 2 is 1.93 bits per heavy atom. The standard InChI is InChI=1S/C21H16BrN5O/c1-12-4-3-5-16(26-12)28-15-8-6-13(7-9-15)17-18-19(27(2)20(17)22)14(10-23)11-25-21(18)24/h3-9,11H,1-2H3,(H2,24,25). The molecule has 3 heterocycles. The van der Waals surface area contributed by atoms with Crippen molar-refractivity contribution in [3.8, 4) is 28.8 Å². The molecule has 0 saturated heterocycles. The van der Waals surface area contributed by atoms with E-state index in [9.17, 15) is 5.26 Å². The summed E-state index contributed by atoms with van der Waals surface area (Å²) >= 11 is 3.64. The summed E-state index contributed by atoms with van der Waals surface area (Å²) < 4.78 is 8.56. The van der Waals surface area contributed by atoms with Gasteiger partial charge in [0.1, 0.15) is 17.6 Å². The lowest BCUT2D eigenvalue weighted by Crippen LogP contribution is -1.95. The molecule has 0 radical (unpaired) electrons. The van der Waals surface area contributed by atoms with E-state index in [1.165, 1.54) is 6.20 Å². The van der Waals surface area contributed by atoms with Gasteiger partial charge in [0.25, 0.3) is 0 Å². The number of nitrogens with two attached hydrogens (primary N) is 1. The first-order valence-corrected chi connectivity index (χ1v) is 9.33. The van der Waals surface area contributed by atoms with Crippen molar-refractivity contribution in [1.29, 1.82) is 5.26 Å². The number of benzene rings is 1. The summed E-state index contributed by atoms with van der Waals surface area (Å²) in [5, 5.41) is 10.2. The molecular formula is C21H16BrN5O. The largest absolute Gasteiger partial charge is 0.439 e. The molecule has 28 heavy (non-hydrogen) atoms. The molecule has 2 N–H and O–H groups in total. The molecule has 4 rings (SSSR count). The SMILES string of the molecule is Cc1cccc(Oc2ccc(-c3c(Br)n(C)c4c(C#N)cnc(N)c34)cc2)n1. The molecule has 0 atom stereocenters. The Hall–Kier alpha value is -3.37. The number of halogens is 1. The highest BCUT2D eigenvalue weighted by atomic mass is 79.9. The average Bonchev–Trinajstić information content (AvgIpc) is 2.95. The van der Waals surface area contributed by atoms with Crippen LogP contribution in [0.4, 0.5) is 5.82 Å². The van der Waals surface area contributed by atoms with Gasteiger partial charge in [-0.15, -0.1) is 0 Å². The smallest absolute Gasteiger partial charge is 0.219 e. The quantitative estimate of drug-likeness (QED) is 0.493. The van der Waals surface area contributed by atoms with Gasteiger partial charge in [-0.05, 0) is 46.6 Å². The molecule has 0 aliphatic rings. The van der Waals surface area contributed by atoms with Gasteiger partial charge in [0.15, 0.2) is 0 Å². The van der Waals surface area contributed by atoms with E-state index in [2.05, 4.69) is 32.0 Å². The summed E-state index contributed by atoms with van der Waals surface area (Å²) in [6.07, 6.45) is 1.50. The first kappa shape index (κ1) is 18.0. The molecule has 7 heteroatoms. The van der Waals surface area contributed by atoms with E-state index in [1.54, 1.807) is 0 Å². The van der Waals surface area contributed by atoms with Crippen molar-refractivity contribution in [2.45, 2.75) is 6.92 Å². The Balaban J connectivity index is 1.79. The predicted molar refractivity (Wildman–Crippen MR) is 112 cm³/mol. The number of fused-ring (bicyclic) bond motifs is 1. The van der Waals surface area contributed by atoms with Crippen molar-refractivity contribution in [1.82, 2.24) is 14.5 Å². The van der Waals surface area contributed by atoms with Crippen LogP contribution in [0.5, 0.6) is 11.6 Å². The summed E-state index contributed by atoms with van der Waals surface area (Å²) in [4.78, 5) is 8.54. The fourth-order valence-electron chi connectivity index (χ4n) is 3.21. The maximum atomic E-state index is 9.44. The van der Waals surface area contributed by atoms with Crippen LogP contribution in [0.25, 0.3) is 22.0 Å². The van der Waals surface area contributed by atoms with Crippen molar-refractivity contribution in [3.63, 3.8) is 0 Å². The highest BCUT2D eigenvalue weighted by Crippen LogP contribution is 2.41. The number of aromatic nitrogens is 3. The van der Waals surface area contributed by atoms with Crippen LogP contribution in [0.15, 0.2) is 53.3 Å². The van der Waals surface area contributed by atoms with E-state index < -0.39 is 0 Å². The lowest BCUT2D eigenvalue weighted by Gasteiger charge is -2.07. The maximum Gasteiger partial charge on any atom is 0.219 e. The van der Waals surface area contributed by atoms with Gasteiger partial charge in [0.2, 0.25) is 5.88 Å². The average molecular weight is 434 g/mol. The monoisotopic (exact) mass is 433 g/mol. The zero-order chi connectivity index (χ0) is 19.8. The van der Waals surface area contributed by atoms with Gasteiger partial charge in [0.05, 0.1) is 21.1 Å². The van der Waals surface area contributed by atoms with Gasteiger partial charge in [-0.1, -0.05) is 18.2 Å². The molecule has 0 spiro atoms. The summed E-state index contributed by atoms with van der Waals surface area (Å²) in [6.45, 7) is 1.92. The van der Waals surface area contributed by atoms with Gasteiger partial charge in [-0.25, -0.2) is 9.97 Å². The topological polar surface area (TPSA) is 89.8 Å². The normalized spacial score (nSPS) is 10.8. The molecular weight excluding hydrogens is 418 g/mol. The Labute approximate surface area is 170 Å². The number of aryl methyl sites for hydroxylation is 2. The summed E-state index contributed by atoms with van der Waals surface area (Å²) in [7, 11) is 1.89. The molecule has 0 fully saturated rings. The lowest BCUT2D eigenvalue weighted by atomic mass is 10.0. The third-order valence-corrected chi connectivity index (χ3v) is 5.44. The summed E-state index contributed by atoms with van der Waals surface area (Å²) in [5.74, 6) is 1.61. The van der Waals surface area contributed by atoms with Crippen LogP contribution < -0.4 is 10.5 Å². The number of hydrogen-bond acceptors (Lipinski definition) is 5. The summed E-state index contributed by atoms with van der Waals surface area (Å²) in [6, 6.07) is 15.5. The fraction of sp³-hybridized carbons (Fsp3) is 0.0952. The van der Waals surface area contributed by atoms with Crippen LogP contribution in [0, 0.1) is 18.3 Å². The third-order valence-electron chi connectivity index (χ3n) is 4.52. The van der Waals surface area contributed by atoms with Crippen LogP contribution >= 0.6 is 15.9 Å². The van der Waals surface area contributed by atoms with E-state index >= 15 is 0 Å². The van der Waals surface area contributed by atoms with Crippen LogP contribution in [-0.2, 0) is 7.05 Å². The molecule has 4 aromatic rings. The maximum absolute atomic E-state index is 9.44. The first-order valence-electron chi connectivity index (χ1n) is 8.54. The lowest BCUT2D eigenvalue weighted by molar-refractivity contribution is 0.462. The Morgan fingerprint density at radius 3 is 2.61 bits per heavy atom. The van der Waals surface area contributed by atoms with E-state index in [0.29, 0.717) is 23.0 Å². The van der Waals surface area contributed by atoms with Gasteiger partial charge in [-0.2, -0.15) is 5.26 Å². The van der Waals surface area contributed by atoms with Gasteiger partial charge < -0.3 is 15.0 Å². The van der Waals surface area contributed by atoms with Crippen molar-refractivity contribution >= 4 is 32.7 Å². The molecule has 6 nitrogen and oxygen atoms in total. The van der Waals surface area contributed by atoms with Crippen molar-refractivity contribution in [2.75, 3.05) is 5.73 Å². The van der Waals surface area contributed by atoms with E-state index in [1.807, 2.05) is 61.0 Å². The minimum atomic E-state index is 0.384.